The molecule has 0 spiro atoms. The average Bonchev–Trinajstić information content (AvgIpc) is 2.71. The van der Waals surface area contributed by atoms with E-state index in [1.54, 1.807) is 49.6 Å². The molecule has 6 nitrogen and oxygen atoms in total. The molecule has 4 aromatic rings. The Bertz CT molecular complexity index is 1290. The lowest BCUT2D eigenvalue weighted by Crippen LogP contribution is -2.23. The fourth-order valence-corrected chi connectivity index (χ4v) is 2.94. The molecular formula is C21H14FN5O. The van der Waals surface area contributed by atoms with Crippen molar-refractivity contribution < 1.29 is 4.39 Å². The average molecular weight is 371 g/mol. The molecule has 0 fully saturated rings. The summed E-state index contributed by atoms with van der Waals surface area (Å²) in [6.45, 7) is 8.97. The Morgan fingerprint density at radius 1 is 1.18 bits per heavy atom. The molecule has 7 heteroatoms. The Balaban J connectivity index is 2.05. The van der Waals surface area contributed by atoms with Crippen molar-refractivity contribution in [2.24, 2.45) is 0 Å². The predicted octanol–water partition coefficient (Wildman–Crippen LogP) is 4.52. The normalized spacial score (nSPS) is 10.6. The molecule has 0 aliphatic carbocycles. The molecule has 136 valence electrons. The number of aromatic nitrogens is 3. The third-order valence-corrected chi connectivity index (χ3v) is 4.31. The number of nitrogens with zero attached hydrogens (tertiary/aromatic N) is 4. The molecule has 0 saturated carbocycles. The number of pyridine rings is 1. The molecule has 2 heterocycles. The second-order valence-electron chi connectivity index (χ2n) is 6.19. The summed E-state index contributed by atoms with van der Waals surface area (Å²) < 4.78 is 15.3. The van der Waals surface area contributed by atoms with Gasteiger partial charge >= 0.3 is 0 Å². The fraction of sp³-hybridized carbons (Fsp3) is 0.0476. The number of aryl methyl sites for hydroxylation is 1. The highest BCUT2D eigenvalue weighted by Gasteiger charge is 2.16. The lowest BCUT2D eigenvalue weighted by Gasteiger charge is -2.16. The first-order valence-corrected chi connectivity index (χ1v) is 8.44. The van der Waals surface area contributed by atoms with E-state index in [1.165, 1.54) is 22.8 Å². The fourth-order valence-electron chi connectivity index (χ4n) is 2.94. The van der Waals surface area contributed by atoms with Gasteiger partial charge in [0.2, 0.25) is 5.95 Å². The van der Waals surface area contributed by atoms with Crippen LogP contribution in [-0.4, -0.2) is 14.5 Å². The van der Waals surface area contributed by atoms with Gasteiger partial charge in [-0.3, -0.25) is 9.78 Å². The number of anilines is 2. The minimum Gasteiger partial charge on any atom is -0.324 e. The van der Waals surface area contributed by atoms with Crippen molar-refractivity contribution in [3.63, 3.8) is 0 Å². The standard InChI is InChI=1S/C21H14FN5O/c1-13-5-6-14(22)10-19(13)27-20(28)17-11-15(23-2)7-8-18(17)26-21(27)25-16-4-3-9-24-12-16/h3-12H,1H3,(H,25,26). The summed E-state index contributed by atoms with van der Waals surface area (Å²) >= 11 is 0. The Kier molecular flexibility index (Phi) is 4.30. The topological polar surface area (TPSA) is 64.2 Å². The van der Waals surface area contributed by atoms with Gasteiger partial charge in [-0.05, 0) is 48.9 Å². The van der Waals surface area contributed by atoms with E-state index in [9.17, 15) is 9.18 Å². The monoisotopic (exact) mass is 371 g/mol. The minimum absolute atomic E-state index is 0.231. The maximum Gasteiger partial charge on any atom is 0.266 e. The lowest BCUT2D eigenvalue weighted by atomic mass is 10.1. The maximum absolute atomic E-state index is 13.9. The van der Waals surface area contributed by atoms with Gasteiger partial charge in [0.25, 0.3) is 5.56 Å². The van der Waals surface area contributed by atoms with Crippen LogP contribution in [-0.2, 0) is 0 Å². The summed E-state index contributed by atoms with van der Waals surface area (Å²) in [5.41, 5.74) is 2.10. The van der Waals surface area contributed by atoms with Crippen LogP contribution in [0.15, 0.2) is 65.7 Å². The summed E-state index contributed by atoms with van der Waals surface area (Å²) in [5, 5.41) is 3.37. The van der Waals surface area contributed by atoms with Gasteiger partial charge in [0, 0.05) is 6.20 Å². The first-order valence-electron chi connectivity index (χ1n) is 8.44. The molecular weight excluding hydrogens is 357 g/mol. The van der Waals surface area contributed by atoms with Crippen LogP contribution in [0, 0.1) is 19.3 Å². The van der Waals surface area contributed by atoms with Gasteiger partial charge in [-0.25, -0.2) is 18.8 Å². The van der Waals surface area contributed by atoms with Crippen molar-refractivity contribution in [3.8, 4) is 5.69 Å². The van der Waals surface area contributed by atoms with E-state index in [2.05, 4.69) is 20.1 Å². The third-order valence-electron chi connectivity index (χ3n) is 4.31. The maximum atomic E-state index is 13.9. The summed E-state index contributed by atoms with van der Waals surface area (Å²) in [7, 11) is 0. The molecule has 0 saturated heterocycles. The predicted molar refractivity (Wildman–Crippen MR) is 106 cm³/mol. The summed E-state index contributed by atoms with van der Waals surface area (Å²) in [5.74, 6) is -0.232. The molecule has 0 radical (unpaired) electrons. The van der Waals surface area contributed by atoms with Crippen LogP contribution >= 0.6 is 0 Å². The van der Waals surface area contributed by atoms with Crippen LogP contribution in [0.1, 0.15) is 5.56 Å². The van der Waals surface area contributed by atoms with E-state index < -0.39 is 11.4 Å². The van der Waals surface area contributed by atoms with E-state index >= 15 is 0 Å². The Labute approximate surface area is 159 Å². The van der Waals surface area contributed by atoms with Crippen molar-refractivity contribution in [1.29, 1.82) is 0 Å². The van der Waals surface area contributed by atoms with Crippen molar-refractivity contribution in [2.75, 3.05) is 5.32 Å². The van der Waals surface area contributed by atoms with Crippen LogP contribution in [0.25, 0.3) is 21.4 Å². The number of benzene rings is 2. The number of hydrogen-bond acceptors (Lipinski definition) is 4. The van der Waals surface area contributed by atoms with E-state index in [4.69, 9.17) is 6.57 Å². The zero-order chi connectivity index (χ0) is 19.7. The quantitative estimate of drug-likeness (QED) is 0.538. The molecule has 2 aromatic carbocycles. The van der Waals surface area contributed by atoms with Gasteiger partial charge in [0.15, 0.2) is 5.69 Å². The van der Waals surface area contributed by atoms with Gasteiger partial charge < -0.3 is 5.32 Å². The van der Waals surface area contributed by atoms with Crippen LogP contribution in [0.5, 0.6) is 0 Å². The second kappa shape index (κ2) is 6.93. The minimum atomic E-state index is -0.463. The number of hydrogen-bond donors (Lipinski definition) is 1. The first-order chi connectivity index (χ1) is 13.6. The SMILES string of the molecule is [C-]#[N+]c1ccc2nc(Nc3cccnc3)n(-c3cc(F)ccc3C)c(=O)c2c1. The first kappa shape index (κ1) is 17.4. The summed E-state index contributed by atoms with van der Waals surface area (Å²) in [6.07, 6.45) is 3.23. The van der Waals surface area contributed by atoms with E-state index in [-0.39, 0.29) is 11.3 Å². The molecule has 0 aliphatic rings. The van der Waals surface area contributed by atoms with Crippen molar-refractivity contribution >= 4 is 28.2 Å². The van der Waals surface area contributed by atoms with Gasteiger partial charge in [-0.15, -0.1) is 0 Å². The molecule has 28 heavy (non-hydrogen) atoms. The third kappa shape index (κ3) is 3.08. The highest BCUT2D eigenvalue weighted by Crippen LogP contribution is 2.24. The molecule has 0 atom stereocenters. The number of nitrogens with one attached hydrogen (secondary N) is 1. The van der Waals surface area contributed by atoms with E-state index in [1.807, 2.05) is 0 Å². The van der Waals surface area contributed by atoms with Crippen molar-refractivity contribution in [1.82, 2.24) is 14.5 Å². The number of rotatable bonds is 3. The Morgan fingerprint density at radius 3 is 2.79 bits per heavy atom. The number of fused-ring (bicyclic) bond motifs is 1. The van der Waals surface area contributed by atoms with Gasteiger partial charge in [0.1, 0.15) is 5.82 Å². The molecule has 0 unspecified atom stereocenters. The summed E-state index contributed by atoms with van der Waals surface area (Å²) in [6, 6.07) is 12.5. The highest BCUT2D eigenvalue weighted by molar-refractivity contribution is 5.83. The Hall–Kier alpha value is -4.05. The zero-order valence-electron chi connectivity index (χ0n) is 14.8. The highest BCUT2D eigenvalue weighted by atomic mass is 19.1. The van der Waals surface area contributed by atoms with Gasteiger partial charge in [-0.1, -0.05) is 12.1 Å². The van der Waals surface area contributed by atoms with Crippen LogP contribution in [0.3, 0.4) is 0 Å². The molecule has 0 bridgehead atoms. The molecule has 2 aromatic heterocycles. The molecule has 0 amide bonds. The van der Waals surface area contributed by atoms with Crippen LogP contribution in [0.2, 0.25) is 0 Å². The van der Waals surface area contributed by atoms with E-state index in [0.29, 0.717) is 28.1 Å². The molecule has 1 N–H and O–H groups in total. The van der Waals surface area contributed by atoms with Crippen LogP contribution in [0.4, 0.5) is 21.7 Å². The zero-order valence-corrected chi connectivity index (χ0v) is 14.8. The van der Waals surface area contributed by atoms with Gasteiger partial charge in [0.05, 0.1) is 35.0 Å². The lowest BCUT2D eigenvalue weighted by molar-refractivity contribution is 0.626. The Morgan fingerprint density at radius 2 is 2.04 bits per heavy atom. The summed E-state index contributed by atoms with van der Waals surface area (Å²) in [4.78, 5) is 25.3. The van der Waals surface area contributed by atoms with Crippen molar-refractivity contribution in [2.45, 2.75) is 6.92 Å². The van der Waals surface area contributed by atoms with E-state index in [0.717, 1.165) is 0 Å². The van der Waals surface area contributed by atoms with Gasteiger partial charge in [-0.2, -0.15) is 0 Å². The number of halogens is 1. The molecule has 4 rings (SSSR count). The smallest absolute Gasteiger partial charge is 0.266 e. The van der Waals surface area contributed by atoms with Crippen molar-refractivity contribution in [3.05, 3.63) is 94.1 Å². The second-order valence-corrected chi connectivity index (χ2v) is 6.19. The largest absolute Gasteiger partial charge is 0.324 e. The van der Waals surface area contributed by atoms with Crippen LogP contribution < -0.4 is 10.9 Å². The molecule has 0 aliphatic heterocycles.